The highest BCUT2D eigenvalue weighted by Crippen LogP contribution is 2.34. The van der Waals surface area contributed by atoms with Gasteiger partial charge in [0.25, 0.3) is 0 Å². The Balaban J connectivity index is 1.43. The molecule has 0 radical (unpaired) electrons. The van der Waals surface area contributed by atoms with Crippen LogP contribution in [0.4, 0.5) is 0 Å². The van der Waals surface area contributed by atoms with Gasteiger partial charge < -0.3 is 14.6 Å². The number of hydrogen-bond donors (Lipinski definition) is 1. The molecule has 1 unspecified atom stereocenters. The van der Waals surface area contributed by atoms with Gasteiger partial charge in [0.15, 0.2) is 0 Å². The number of hydrogen-bond acceptors (Lipinski definition) is 5. The van der Waals surface area contributed by atoms with Gasteiger partial charge in [-0.15, -0.1) is 0 Å². The summed E-state index contributed by atoms with van der Waals surface area (Å²) < 4.78 is 13.7. The highest BCUT2D eigenvalue weighted by atomic mass is 16.5. The molecular formula is C31H35N3O3. The second-order valence-corrected chi connectivity index (χ2v) is 9.88. The van der Waals surface area contributed by atoms with Crippen molar-refractivity contribution < 1.29 is 14.6 Å². The van der Waals surface area contributed by atoms with E-state index in [2.05, 4.69) is 17.0 Å². The van der Waals surface area contributed by atoms with Gasteiger partial charge in [-0.3, -0.25) is 4.90 Å². The summed E-state index contributed by atoms with van der Waals surface area (Å²) in [6.45, 7) is 4.25. The van der Waals surface area contributed by atoms with Crippen molar-refractivity contribution in [3.8, 4) is 23.1 Å². The second-order valence-electron chi connectivity index (χ2n) is 9.88. The van der Waals surface area contributed by atoms with Gasteiger partial charge in [-0.2, -0.15) is 5.10 Å². The molecule has 1 N–H and O–H groups in total. The molecule has 0 amide bonds. The van der Waals surface area contributed by atoms with Crippen molar-refractivity contribution in [2.45, 2.75) is 38.8 Å². The van der Waals surface area contributed by atoms with Gasteiger partial charge in [0.2, 0.25) is 5.88 Å². The zero-order chi connectivity index (χ0) is 25.6. The molecule has 6 nitrogen and oxygen atoms in total. The van der Waals surface area contributed by atoms with Crippen molar-refractivity contribution >= 4 is 0 Å². The number of benzene rings is 3. The summed E-state index contributed by atoms with van der Waals surface area (Å²) in [6, 6.07) is 27.9. The molecule has 1 heterocycles. The SMILES string of the molecule is COc1ccc(Oc2c(CN(CC(O)Cc3ccccc3)CC3CC3)c(C)nn2-c2ccccc2)cc1. The van der Waals surface area contributed by atoms with Crippen molar-refractivity contribution in [1.82, 2.24) is 14.7 Å². The van der Waals surface area contributed by atoms with Crippen LogP contribution in [0.25, 0.3) is 5.69 Å². The Labute approximate surface area is 219 Å². The summed E-state index contributed by atoms with van der Waals surface area (Å²) in [4.78, 5) is 2.37. The predicted molar refractivity (Wildman–Crippen MR) is 146 cm³/mol. The van der Waals surface area contributed by atoms with Crippen LogP contribution in [0.3, 0.4) is 0 Å². The summed E-state index contributed by atoms with van der Waals surface area (Å²) in [5.74, 6) is 2.90. The fourth-order valence-corrected chi connectivity index (χ4v) is 4.67. The lowest BCUT2D eigenvalue weighted by atomic mass is 10.1. The first kappa shape index (κ1) is 25.1. The van der Waals surface area contributed by atoms with Crippen molar-refractivity contribution in [2.75, 3.05) is 20.2 Å². The van der Waals surface area contributed by atoms with Gasteiger partial charge in [0.05, 0.1) is 30.2 Å². The number of para-hydroxylation sites is 1. The van der Waals surface area contributed by atoms with E-state index in [1.54, 1.807) is 7.11 Å². The number of methoxy groups -OCH3 is 1. The highest BCUT2D eigenvalue weighted by molar-refractivity contribution is 5.44. The van der Waals surface area contributed by atoms with Crippen LogP contribution in [-0.4, -0.2) is 46.1 Å². The first-order valence-electron chi connectivity index (χ1n) is 13.0. The maximum Gasteiger partial charge on any atom is 0.227 e. The maximum atomic E-state index is 11.0. The molecule has 1 fully saturated rings. The minimum absolute atomic E-state index is 0.448. The predicted octanol–water partition coefficient (Wildman–Crippen LogP) is 5.80. The minimum atomic E-state index is -0.448. The number of aryl methyl sites for hydroxylation is 1. The van der Waals surface area contributed by atoms with Crippen molar-refractivity contribution in [2.24, 2.45) is 5.92 Å². The standard InChI is InChI=1S/C31H35N3O3/c1-23-30(22-33(20-25-13-14-25)21-27(35)19-24-9-5-3-6-10-24)31(34(32-23)26-11-7-4-8-12-26)37-29-17-15-28(36-2)16-18-29/h3-12,15-18,25,27,35H,13-14,19-22H2,1-2H3. The van der Waals surface area contributed by atoms with Crippen LogP contribution in [0.2, 0.25) is 0 Å². The lowest BCUT2D eigenvalue weighted by Crippen LogP contribution is -2.35. The zero-order valence-electron chi connectivity index (χ0n) is 21.6. The largest absolute Gasteiger partial charge is 0.497 e. The van der Waals surface area contributed by atoms with Crippen LogP contribution in [0.15, 0.2) is 84.9 Å². The Kier molecular flexibility index (Phi) is 7.87. The van der Waals surface area contributed by atoms with E-state index in [0.29, 0.717) is 31.3 Å². The molecule has 192 valence electrons. The average molecular weight is 498 g/mol. The average Bonchev–Trinajstić information content (AvgIpc) is 3.69. The first-order valence-corrected chi connectivity index (χ1v) is 13.0. The molecule has 1 aliphatic rings. The third kappa shape index (κ3) is 6.59. The van der Waals surface area contributed by atoms with Crippen molar-refractivity contribution in [1.29, 1.82) is 0 Å². The number of rotatable bonds is 12. The number of aliphatic hydroxyl groups excluding tert-OH is 1. The van der Waals surface area contributed by atoms with Crippen LogP contribution in [0.1, 0.15) is 29.7 Å². The van der Waals surface area contributed by atoms with Crippen molar-refractivity contribution in [3.05, 3.63) is 102 Å². The van der Waals surface area contributed by atoms with E-state index >= 15 is 0 Å². The van der Waals surface area contributed by atoms with Gasteiger partial charge >= 0.3 is 0 Å². The summed E-state index contributed by atoms with van der Waals surface area (Å²) in [5.41, 5.74) is 4.05. The number of aliphatic hydroxyl groups is 1. The van der Waals surface area contributed by atoms with Gasteiger partial charge in [-0.1, -0.05) is 48.5 Å². The van der Waals surface area contributed by atoms with Crippen molar-refractivity contribution in [3.63, 3.8) is 0 Å². The Bertz CT molecular complexity index is 1270. The van der Waals surface area contributed by atoms with Crippen LogP contribution < -0.4 is 9.47 Å². The van der Waals surface area contributed by atoms with Crippen LogP contribution >= 0.6 is 0 Å². The minimum Gasteiger partial charge on any atom is -0.497 e. The molecule has 3 aromatic carbocycles. The quantitative estimate of drug-likeness (QED) is 0.268. The molecule has 1 aliphatic carbocycles. The first-order chi connectivity index (χ1) is 18.1. The van der Waals surface area contributed by atoms with E-state index in [1.807, 2.05) is 84.4 Å². The fourth-order valence-electron chi connectivity index (χ4n) is 4.67. The fraction of sp³-hybridized carbons (Fsp3) is 0.323. The monoisotopic (exact) mass is 497 g/mol. The van der Waals surface area contributed by atoms with Gasteiger partial charge in [-0.05, 0) is 74.1 Å². The molecule has 1 atom stereocenters. The second kappa shape index (κ2) is 11.6. The van der Waals surface area contributed by atoms with Gasteiger partial charge in [-0.25, -0.2) is 4.68 Å². The van der Waals surface area contributed by atoms with E-state index in [9.17, 15) is 5.11 Å². The molecule has 1 saturated carbocycles. The molecule has 37 heavy (non-hydrogen) atoms. The molecule has 4 aromatic rings. The molecule has 0 spiro atoms. The highest BCUT2D eigenvalue weighted by Gasteiger charge is 2.28. The molecule has 1 aromatic heterocycles. The van der Waals surface area contributed by atoms with Gasteiger partial charge in [0.1, 0.15) is 11.5 Å². The number of ether oxygens (including phenoxy) is 2. The maximum absolute atomic E-state index is 11.0. The molecule has 0 aliphatic heterocycles. The van der Waals surface area contributed by atoms with E-state index in [4.69, 9.17) is 14.6 Å². The molecule has 0 saturated heterocycles. The third-order valence-electron chi connectivity index (χ3n) is 6.79. The molecule has 0 bridgehead atoms. The summed E-state index contributed by atoms with van der Waals surface area (Å²) >= 11 is 0. The number of aromatic nitrogens is 2. The lowest BCUT2D eigenvalue weighted by Gasteiger charge is -2.25. The normalized spacial score (nSPS) is 14.1. The Morgan fingerprint density at radius 2 is 1.59 bits per heavy atom. The van der Waals surface area contributed by atoms with Crippen LogP contribution in [-0.2, 0) is 13.0 Å². The summed E-state index contributed by atoms with van der Waals surface area (Å²) in [5, 5.41) is 15.9. The van der Waals surface area contributed by atoms with Gasteiger partial charge in [0, 0.05) is 19.6 Å². The van der Waals surface area contributed by atoms with E-state index in [0.717, 1.165) is 40.6 Å². The molecular weight excluding hydrogens is 462 g/mol. The Morgan fingerprint density at radius 3 is 2.24 bits per heavy atom. The van der Waals surface area contributed by atoms with E-state index < -0.39 is 6.10 Å². The summed E-state index contributed by atoms with van der Waals surface area (Å²) in [7, 11) is 1.66. The lowest BCUT2D eigenvalue weighted by molar-refractivity contribution is 0.105. The third-order valence-corrected chi connectivity index (χ3v) is 6.79. The Hall–Kier alpha value is -3.61. The number of nitrogens with zero attached hydrogens (tertiary/aromatic N) is 3. The topological polar surface area (TPSA) is 59.8 Å². The van der Waals surface area contributed by atoms with Crippen LogP contribution in [0.5, 0.6) is 17.4 Å². The molecule has 6 heteroatoms. The van der Waals surface area contributed by atoms with E-state index in [1.165, 1.54) is 12.8 Å². The zero-order valence-corrected chi connectivity index (χ0v) is 21.6. The smallest absolute Gasteiger partial charge is 0.227 e. The summed E-state index contributed by atoms with van der Waals surface area (Å²) in [6.07, 6.45) is 2.70. The van der Waals surface area contributed by atoms with E-state index in [-0.39, 0.29) is 0 Å². The van der Waals surface area contributed by atoms with Crippen LogP contribution in [0, 0.1) is 12.8 Å². The molecule has 5 rings (SSSR count). The Morgan fingerprint density at radius 1 is 0.946 bits per heavy atom.